The van der Waals surface area contributed by atoms with E-state index in [1.54, 1.807) is 6.08 Å². The first kappa shape index (κ1) is 14.1. The number of rotatable bonds is 5. The second-order valence-corrected chi connectivity index (χ2v) is 5.09. The minimum absolute atomic E-state index is 0.117. The van der Waals surface area contributed by atoms with Crippen LogP contribution < -0.4 is 5.32 Å². The van der Waals surface area contributed by atoms with Gasteiger partial charge in [-0.05, 0) is 24.5 Å². The number of hydrogen-bond donors (Lipinski definition) is 1. The van der Waals surface area contributed by atoms with Gasteiger partial charge in [-0.1, -0.05) is 35.9 Å². The molecule has 1 atom stereocenters. The molecule has 0 radical (unpaired) electrons. The highest BCUT2D eigenvalue weighted by molar-refractivity contribution is 6.31. The lowest BCUT2D eigenvalue weighted by atomic mass is 10.0. The summed E-state index contributed by atoms with van der Waals surface area (Å²) in [5.41, 5.74) is 1.05. The summed E-state index contributed by atoms with van der Waals surface area (Å²) in [4.78, 5) is 14.1. The van der Waals surface area contributed by atoms with Crippen molar-refractivity contribution in [2.75, 3.05) is 19.6 Å². The normalized spacial score (nSPS) is 18.6. The van der Waals surface area contributed by atoms with Crippen molar-refractivity contribution >= 4 is 17.5 Å². The summed E-state index contributed by atoms with van der Waals surface area (Å²) in [6.07, 6.45) is 3.77. The highest BCUT2D eigenvalue weighted by atomic mass is 35.5. The van der Waals surface area contributed by atoms with Crippen molar-refractivity contribution in [3.63, 3.8) is 0 Å². The number of likely N-dealkylation sites (tertiary alicyclic amines) is 1. The monoisotopic (exact) mass is 278 g/mol. The average molecular weight is 279 g/mol. The van der Waals surface area contributed by atoms with E-state index in [1.807, 2.05) is 29.2 Å². The molecule has 1 aliphatic heterocycles. The lowest BCUT2D eigenvalue weighted by molar-refractivity contribution is -0.131. The first-order chi connectivity index (χ1) is 9.24. The molecule has 0 aliphatic carbocycles. The van der Waals surface area contributed by atoms with Crippen LogP contribution in [0.15, 0.2) is 36.9 Å². The van der Waals surface area contributed by atoms with Gasteiger partial charge in [0.25, 0.3) is 0 Å². The number of nitrogens with zero attached hydrogens (tertiary/aromatic N) is 1. The zero-order chi connectivity index (χ0) is 13.7. The molecule has 0 aromatic heterocycles. The van der Waals surface area contributed by atoms with Gasteiger partial charge in [0.2, 0.25) is 5.91 Å². The van der Waals surface area contributed by atoms with Crippen LogP contribution in [0.2, 0.25) is 5.02 Å². The fourth-order valence-electron chi connectivity index (χ4n) is 2.52. The van der Waals surface area contributed by atoms with Gasteiger partial charge in [-0.3, -0.25) is 4.79 Å². The van der Waals surface area contributed by atoms with Crippen LogP contribution in [-0.4, -0.2) is 30.4 Å². The van der Waals surface area contributed by atoms with Gasteiger partial charge in [-0.2, -0.15) is 0 Å². The van der Waals surface area contributed by atoms with Gasteiger partial charge in [0, 0.05) is 18.1 Å². The third kappa shape index (κ3) is 3.37. The first-order valence-corrected chi connectivity index (χ1v) is 6.97. The van der Waals surface area contributed by atoms with Gasteiger partial charge in [0.15, 0.2) is 0 Å². The fraction of sp³-hybridized carbons (Fsp3) is 0.400. The van der Waals surface area contributed by atoms with Crippen LogP contribution in [0.3, 0.4) is 0 Å². The second kappa shape index (κ2) is 6.73. The van der Waals surface area contributed by atoms with E-state index >= 15 is 0 Å². The Labute approximate surface area is 119 Å². The Morgan fingerprint density at radius 3 is 3.05 bits per heavy atom. The van der Waals surface area contributed by atoms with Crippen molar-refractivity contribution in [1.82, 2.24) is 10.2 Å². The molecule has 1 amide bonds. The van der Waals surface area contributed by atoms with Gasteiger partial charge >= 0.3 is 0 Å². The van der Waals surface area contributed by atoms with E-state index in [1.165, 1.54) is 0 Å². The van der Waals surface area contributed by atoms with Gasteiger partial charge in [-0.15, -0.1) is 6.58 Å². The molecule has 19 heavy (non-hydrogen) atoms. The van der Waals surface area contributed by atoms with Gasteiger partial charge < -0.3 is 10.2 Å². The maximum absolute atomic E-state index is 12.2. The summed E-state index contributed by atoms with van der Waals surface area (Å²) < 4.78 is 0. The summed E-state index contributed by atoms with van der Waals surface area (Å²) in [5.74, 6) is 0.129. The zero-order valence-corrected chi connectivity index (χ0v) is 11.7. The van der Waals surface area contributed by atoms with E-state index in [0.29, 0.717) is 13.1 Å². The van der Waals surface area contributed by atoms with E-state index in [0.717, 1.165) is 30.0 Å². The van der Waals surface area contributed by atoms with Gasteiger partial charge in [0.05, 0.1) is 12.6 Å². The van der Waals surface area contributed by atoms with E-state index < -0.39 is 0 Å². The molecule has 0 spiro atoms. The SMILES string of the molecule is C=CCNCC(=O)N1CCCC1c1ccccc1Cl. The Bertz CT molecular complexity index is 461. The second-order valence-electron chi connectivity index (χ2n) is 4.69. The molecule has 1 saturated heterocycles. The fourth-order valence-corrected chi connectivity index (χ4v) is 2.78. The number of hydrogen-bond acceptors (Lipinski definition) is 2. The van der Waals surface area contributed by atoms with Crippen molar-refractivity contribution in [3.8, 4) is 0 Å². The Morgan fingerprint density at radius 1 is 1.53 bits per heavy atom. The summed E-state index contributed by atoms with van der Waals surface area (Å²) in [6.45, 7) is 5.44. The Hall–Kier alpha value is -1.32. The van der Waals surface area contributed by atoms with Crippen molar-refractivity contribution in [3.05, 3.63) is 47.5 Å². The molecule has 102 valence electrons. The topological polar surface area (TPSA) is 32.3 Å². The third-order valence-corrected chi connectivity index (χ3v) is 3.75. The van der Waals surface area contributed by atoms with Crippen LogP contribution in [0.25, 0.3) is 0 Å². The molecule has 1 aliphatic rings. The Morgan fingerprint density at radius 2 is 2.32 bits per heavy atom. The third-order valence-electron chi connectivity index (χ3n) is 3.40. The zero-order valence-electron chi connectivity index (χ0n) is 10.9. The molecule has 4 heteroatoms. The molecular formula is C15H19ClN2O. The van der Waals surface area contributed by atoms with Crippen LogP contribution in [0.4, 0.5) is 0 Å². The molecule has 1 aromatic carbocycles. The van der Waals surface area contributed by atoms with Crippen LogP contribution in [-0.2, 0) is 4.79 Å². The predicted octanol–water partition coefficient (Wildman–Crippen LogP) is 2.78. The molecule has 1 aromatic rings. The van der Waals surface area contributed by atoms with Crippen LogP contribution in [0.1, 0.15) is 24.4 Å². The summed E-state index contributed by atoms with van der Waals surface area (Å²) in [7, 11) is 0. The summed E-state index contributed by atoms with van der Waals surface area (Å²) in [6, 6.07) is 7.90. The number of halogens is 1. The van der Waals surface area contributed by atoms with Crippen molar-refractivity contribution in [2.45, 2.75) is 18.9 Å². The molecule has 1 heterocycles. The number of carbonyl (C=O) groups excluding carboxylic acids is 1. The van der Waals surface area contributed by atoms with Gasteiger partial charge in [-0.25, -0.2) is 0 Å². The summed E-state index contributed by atoms with van der Waals surface area (Å²) >= 11 is 6.23. The molecule has 1 N–H and O–H groups in total. The quantitative estimate of drug-likeness (QED) is 0.663. The first-order valence-electron chi connectivity index (χ1n) is 6.59. The lowest BCUT2D eigenvalue weighted by Crippen LogP contribution is -2.37. The number of benzene rings is 1. The maximum atomic E-state index is 12.2. The van der Waals surface area contributed by atoms with Crippen molar-refractivity contribution in [2.24, 2.45) is 0 Å². The Kier molecular flexibility index (Phi) is 5.00. The van der Waals surface area contributed by atoms with E-state index in [2.05, 4.69) is 11.9 Å². The smallest absolute Gasteiger partial charge is 0.237 e. The molecule has 3 nitrogen and oxygen atoms in total. The predicted molar refractivity (Wildman–Crippen MR) is 78.2 cm³/mol. The highest BCUT2D eigenvalue weighted by Crippen LogP contribution is 2.35. The number of carbonyl (C=O) groups is 1. The van der Waals surface area contributed by atoms with E-state index in [4.69, 9.17) is 11.6 Å². The van der Waals surface area contributed by atoms with E-state index in [9.17, 15) is 4.79 Å². The largest absolute Gasteiger partial charge is 0.334 e. The molecule has 0 bridgehead atoms. The molecule has 1 fully saturated rings. The lowest BCUT2D eigenvalue weighted by Gasteiger charge is -2.26. The molecule has 0 saturated carbocycles. The van der Waals surface area contributed by atoms with E-state index in [-0.39, 0.29) is 11.9 Å². The van der Waals surface area contributed by atoms with Gasteiger partial charge in [0.1, 0.15) is 0 Å². The summed E-state index contributed by atoms with van der Waals surface area (Å²) in [5, 5.41) is 3.80. The standard InChI is InChI=1S/C15H19ClN2O/c1-2-9-17-11-15(19)18-10-5-8-14(18)12-6-3-4-7-13(12)16/h2-4,6-7,14,17H,1,5,8-11H2. The van der Waals surface area contributed by atoms with Crippen LogP contribution in [0, 0.1) is 0 Å². The minimum atomic E-state index is 0.117. The van der Waals surface area contributed by atoms with Crippen LogP contribution in [0.5, 0.6) is 0 Å². The van der Waals surface area contributed by atoms with Crippen LogP contribution >= 0.6 is 11.6 Å². The number of amides is 1. The van der Waals surface area contributed by atoms with Crippen molar-refractivity contribution < 1.29 is 4.79 Å². The minimum Gasteiger partial charge on any atom is -0.334 e. The molecule has 2 rings (SSSR count). The number of nitrogens with one attached hydrogen (secondary N) is 1. The molecular weight excluding hydrogens is 260 g/mol. The average Bonchev–Trinajstić information content (AvgIpc) is 2.88. The maximum Gasteiger partial charge on any atom is 0.237 e. The molecule has 1 unspecified atom stereocenters. The Balaban J connectivity index is 2.06. The highest BCUT2D eigenvalue weighted by Gasteiger charge is 2.30. The van der Waals surface area contributed by atoms with Crippen molar-refractivity contribution in [1.29, 1.82) is 0 Å².